The minimum atomic E-state index is 0.986. The average Bonchev–Trinajstić information content (AvgIpc) is 2.47. The zero-order valence-electron chi connectivity index (χ0n) is 7.20. The van der Waals surface area contributed by atoms with E-state index in [2.05, 4.69) is 14.7 Å². The molecule has 1 N–H and O–H groups in total. The van der Waals surface area contributed by atoms with Crippen LogP contribution >= 0.6 is 0 Å². The van der Waals surface area contributed by atoms with Gasteiger partial charge in [-0.1, -0.05) is 0 Å². The van der Waals surface area contributed by atoms with Crippen LogP contribution in [0.3, 0.4) is 0 Å². The number of hydrogen-bond donors (Lipinski definition) is 1. The van der Waals surface area contributed by atoms with Crippen LogP contribution in [0.1, 0.15) is 5.69 Å². The molecule has 0 unspecified atom stereocenters. The molecule has 0 saturated carbocycles. The van der Waals surface area contributed by atoms with Gasteiger partial charge in [0.05, 0.1) is 0 Å². The van der Waals surface area contributed by atoms with Crippen molar-refractivity contribution in [2.75, 3.05) is 12.4 Å². The summed E-state index contributed by atoms with van der Waals surface area (Å²) in [6.45, 7) is 2.04. The van der Waals surface area contributed by atoms with E-state index in [-0.39, 0.29) is 0 Å². The van der Waals surface area contributed by atoms with Crippen molar-refractivity contribution in [1.29, 1.82) is 0 Å². The van der Waals surface area contributed by atoms with Gasteiger partial charge in [-0.15, -0.1) is 0 Å². The molecule has 62 valence electrons. The second kappa shape index (κ2) is 2.52. The Bertz CT molecular complexity index is 403. The molecule has 2 heterocycles. The van der Waals surface area contributed by atoms with E-state index in [1.807, 2.05) is 38.5 Å². The van der Waals surface area contributed by atoms with Crippen molar-refractivity contribution in [3.05, 3.63) is 30.2 Å². The summed E-state index contributed by atoms with van der Waals surface area (Å²) < 4.78 is 2.06. The highest BCUT2D eigenvalue weighted by atomic mass is 15.0. The number of nitrogens with zero attached hydrogens (tertiary/aromatic N) is 2. The van der Waals surface area contributed by atoms with Crippen molar-refractivity contribution >= 4 is 11.3 Å². The minimum Gasteiger partial charge on any atom is -0.388 e. The standard InChI is InChI=1S/C9H11N3/c1-7-6-11-9-5-8(10-2)3-4-12(7)9/h3-6,10H,1-2H3. The normalized spacial score (nSPS) is 10.5. The van der Waals surface area contributed by atoms with Crippen molar-refractivity contribution in [2.24, 2.45) is 0 Å². The first-order chi connectivity index (χ1) is 5.81. The number of rotatable bonds is 1. The summed E-state index contributed by atoms with van der Waals surface area (Å²) in [5.41, 5.74) is 3.24. The van der Waals surface area contributed by atoms with Crippen molar-refractivity contribution in [3.63, 3.8) is 0 Å². The van der Waals surface area contributed by atoms with Crippen molar-refractivity contribution in [3.8, 4) is 0 Å². The Balaban J connectivity index is 2.69. The quantitative estimate of drug-likeness (QED) is 0.689. The number of hydrogen-bond acceptors (Lipinski definition) is 2. The highest BCUT2D eigenvalue weighted by molar-refractivity contribution is 5.54. The Hall–Kier alpha value is -1.51. The third-order valence-corrected chi connectivity index (χ3v) is 1.99. The van der Waals surface area contributed by atoms with Gasteiger partial charge in [-0.05, 0) is 13.0 Å². The van der Waals surface area contributed by atoms with E-state index >= 15 is 0 Å². The van der Waals surface area contributed by atoms with E-state index in [9.17, 15) is 0 Å². The second-order valence-electron chi connectivity index (χ2n) is 2.79. The van der Waals surface area contributed by atoms with Crippen LogP contribution in [0.25, 0.3) is 5.65 Å². The number of anilines is 1. The van der Waals surface area contributed by atoms with E-state index in [0.29, 0.717) is 0 Å². The molecule has 0 aliphatic carbocycles. The van der Waals surface area contributed by atoms with Gasteiger partial charge in [0.15, 0.2) is 0 Å². The molecule has 2 aromatic rings. The van der Waals surface area contributed by atoms with Gasteiger partial charge in [0.1, 0.15) is 5.65 Å². The molecule has 0 bridgehead atoms. The molecular weight excluding hydrogens is 150 g/mol. The number of nitrogens with one attached hydrogen (secondary N) is 1. The van der Waals surface area contributed by atoms with E-state index in [1.54, 1.807) is 0 Å². The molecule has 2 aromatic heterocycles. The van der Waals surface area contributed by atoms with Crippen LogP contribution in [0.2, 0.25) is 0 Å². The molecule has 0 aliphatic heterocycles. The lowest BCUT2D eigenvalue weighted by Crippen LogP contribution is -1.91. The topological polar surface area (TPSA) is 29.3 Å². The maximum atomic E-state index is 4.25. The van der Waals surface area contributed by atoms with Crippen LogP contribution in [0.5, 0.6) is 0 Å². The molecular formula is C9H11N3. The average molecular weight is 161 g/mol. The number of imidazole rings is 1. The zero-order chi connectivity index (χ0) is 8.55. The summed E-state index contributed by atoms with van der Waals surface area (Å²) in [5, 5.41) is 3.08. The smallest absolute Gasteiger partial charge is 0.138 e. The van der Waals surface area contributed by atoms with Gasteiger partial charge < -0.3 is 9.72 Å². The molecule has 0 atom stereocenters. The maximum Gasteiger partial charge on any atom is 0.138 e. The monoisotopic (exact) mass is 161 g/mol. The third-order valence-electron chi connectivity index (χ3n) is 1.99. The molecule has 0 spiro atoms. The predicted octanol–water partition coefficient (Wildman–Crippen LogP) is 1.68. The molecule has 0 fully saturated rings. The molecule has 3 nitrogen and oxygen atoms in total. The molecule has 0 aromatic carbocycles. The summed E-state index contributed by atoms with van der Waals surface area (Å²) in [5.74, 6) is 0. The van der Waals surface area contributed by atoms with Gasteiger partial charge in [0, 0.05) is 36.9 Å². The van der Waals surface area contributed by atoms with Crippen LogP contribution in [0, 0.1) is 6.92 Å². The van der Waals surface area contributed by atoms with Crippen LogP contribution in [0.4, 0.5) is 5.69 Å². The Morgan fingerprint density at radius 1 is 1.50 bits per heavy atom. The Morgan fingerprint density at radius 2 is 2.33 bits per heavy atom. The first kappa shape index (κ1) is 7.16. The van der Waals surface area contributed by atoms with Gasteiger partial charge in [-0.2, -0.15) is 0 Å². The first-order valence-corrected chi connectivity index (χ1v) is 3.93. The highest BCUT2D eigenvalue weighted by Gasteiger charge is 1.97. The maximum absolute atomic E-state index is 4.25. The number of aromatic nitrogens is 2. The molecule has 12 heavy (non-hydrogen) atoms. The summed E-state index contributed by atoms with van der Waals surface area (Å²) in [4.78, 5) is 4.25. The molecule has 0 amide bonds. The highest BCUT2D eigenvalue weighted by Crippen LogP contribution is 2.11. The Morgan fingerprint density at radius 3 is 3.08 bits per heavy atom. The fourth-order valence-electron chi connectivity index (χ4n) is 1.26. The fraction of sp³-hybridized carbons (Fsp3) is 0.222. The molecule has 3 heteroatoms. The van der Waals surface area contributed by atoms with Crippen LogP contribution in [-0.4, -0.2) is 16.4 Å². The minimum absolute atomic E-state index is 0.986. The van der Waals surface area contributed by atoms with Gasteiger partial charge in [0.2, 0.25) is 0 Å². The second-order valence-corrected chi connectivity index (χ2v) is 2.79. The van der Waals surface area contributed by atoms with E-state index in [0.717, 1.165) is 17.0 Å². The van der Waals surface area contributed by atoms with Gasteiger partial charge in [0.25, 0.3) is 0 Å². The van der Waals surface area contributed by atoms with Crippen LogP contribution < -0.4 is 5.32 Å². The molecule has 0 saturated heterocycles. The summed E-state index contributed by atoms with van der Waals surface area (Å²) in [6, 6.07) is 4.05. The Kier molecular flexibility index (Phi) is 1.50. The summed E-state index contributed by atoms with van der Waals surface area (Å²) >= 11 is 0. The van der Waals surface area contributed by atoms with E-state index in [1.165, 1.54) is 0 Å². The largest absolute Gasteiger partial charge is 0.388 e. The fourth-order valence-corrected chi connectivity index (χ4v) is 1.26. The molecule has 0 aliphatic rings. The SMILES string of the molecule is CNc1ccn2c(C)cnc2c1. The van der Waals surface area contributed by atoms with E-state index < -0.39 is 0 Å². The number of pyridine rings is 1. The zero-order valence-corrected chi connectivity index (χ0v) is 7.20. The number of fused-ring (bicyclic) bond motifs is 1. The van der Waals surface area contributed by atoms with E-state index in [4.69, 9.17) is 0 Å². The van der Waals surface area contributed by atoms with Gasteiger partial charge in [-0.3, -0.25) is 0 Å². The lowest BCUT2D eigenvalue weighted by Gasteiger charge is -2.00. The van der Waals surface area contributed by atoms with Crippen molar-refractivity contribution < 1.29 is 0 Å². The third kappa shape index (κ3) is 0.942. The molecule has 2 rings (SSSR count). The van der Waals surface area contributed by atoms with Gasteiger partial charge >= 0.3 is 0 Å². The van der Waals surface area contributed by atoms with Crippen molar-refractivity contribution in [2.45, 2.75) is 6.92 Å². The first-order valence-electron chi connectivity index (χ1n) is 3.93. The summed E-state index contributed by atoms with van der Waals surface area (Å²) in [6.07, 6.45) is 3.89. The van der Waals surface area contributed by atoms with Gasteiger partial charge in [-0.25, -0.2) is 4.98 Å². The lowest BCUT2D eigenvalue weighted by molar-refractivity contribution is 1.11. The van der Waals surface area contributed by atoms with Crippen LogP contribution in [0.15, 0.2) is 24.5 Å². The predicted molar refractivity (Wildman–Crippen MR) is 49.5 cm³/mol. The van der Waals surface area contributed by atoms with Crippen molar-refractivity contribution in [1.82, 2.24) is 9.38 Å². The number of aryl methyl sites for hydroxylation is 1. The lowest BCUT2D eigenvalue weighted by atomic mass is 10.4. The summed E-state index contributed by atoms with van der Waals surface area (Å²) in [7, 11) is 1.90. The Labute approximate surface area is 71.0 Å². The van der Waals surface area contributed by atoms with Crippen LogP contribution in [-0.2, 0) is 0 Å². The molecule has 0 radical (unpaired) electrons.